The average molecular weight is 328 g/mol. The van der Waals surface area contributed by atoms with Gasteiger partial charge in [-0.3, -0.25) is 0 Å². The Labute approximate surface area is 134 Å². The highest BCUT2D eigenvalue weighted by molar-refractivity contribution is 5.65. The van der Waals surface area contributed by atoms with Crippen LogP contribution in [0.15, 0.2) is 18.2 Å². The summed E-state index contributed by atoms with van der Waals surface area (Å²) in [5.74, 6) is -0.545. The molecule has 0 aliphatic heterocycles. The summed E-state index contributed by atoms with van der Waals surface area (Å²) in [4.78, 5) is 22.8. The summed E-state index contributed by atoms with van der Waals surface area (Å²) in [6.07, 6.45) is -1.72. The molecule has 0 saturated heterocycles. The van der Waals surface area contributed by atoms with E-state index in [2.05, 4.69) is 0 Å². The van der Waals surface area contributed by atoms with Crippen LogP contribution in [0.5, 0.6) is 5.75 Å². The molecule has 128 valence electrons. The largest absolute Gasteiger partial charge is 0.513 e. The van der Waals surface area contributed by atoms with Crippen molar-refractivity contribution in [3.8, 4) is 5.75 Å². The Morgan fingerprint density at radius 3 is 2.26 bits per heavy atom. The molecule has 0 aliphatic carbocycles. The van der Waals surface area contributed by atoms with Gasteiger partial charge in [0.05, 0.1) is 13.2 Å². The van der Waals surface area contributed by atoms with Crippen LogP contribution in [0.25, 0.3) is 0 Å². The molecular formula is C16H21FO6. The van der Waals surface area contributed by atoms with E-state index in [1.54, 1.807) is 27.7 Å². The minimum Gasteiger partial charge on any atom is -0.435 e. The molecule has 0 aliphatic rings. The minimum absolute atomic E-state index is 0.0147. The third-order valence-corrected chi connectivity index (χ3v) is 2.94. The summed E-state index contributed by atoms with van der Waals surface area (Å²) >= 11 is 0. The predicted molar refractivity (Wildman–Crippen MR) is 80.1 cm³/mol. The second-order valence-electron chi connectivity index (χ2n) is 5.28. The molecule has 0 saturated carbocycles. The summed E-state index contributed by atoms with van der Waals surface area (Å²) in [5, 5.41) is 0. The van der Waals surface area contributed by atoms with Crippen molar-refractivity contribution in [3.63, 3.8) is 0 Å². The molecule has 23 heavy (non-hydrogen) atoms. The van der Waals surface area contributed by atoms with Gasteiger partial charge in [-0.2, -0.15) is 0 Å². The Kier molecular flexibility index (Phi) is 6.81. The molecule has 1 rings (SSSR count). The molecule has 0 unspecified atom stereocenters. The van der Waals surface area contributed by atoms with Crippen LogP contribution in [0.4, 0.5) is 14.0 Å². The number of ether oxygens (including phenoxy) is 4. The van der Waals surface area contributed by atoms with Gasteiger partial charge in [0.15, 0.2) is 0 Å². The van der Waals surface area contributed by atoms with Gasteiger partial charge >= 0.3 is 12.3 Å². The number of hydrogen-bond donors (Lipinski definition) is 0. The Morgan fingerprint density at radius 2 is 1.65 bits per heavy atom. The van der Waals surface area contributed by atoms with E-state index in [1.807, 2.05) is 0 Å². The highest BCUT2D eigenvalue weighted by Gasteiger charge is 2.28. The second kappa shape index (κ2) is 8.36. The Balaban J connectivity index is 2.95. The van der Waals surface area contributed by atoms with Gasteiger partial charge < -0.3 is 18.9 Å². The molecule has 0 radical (unpaired) electrons. The van der Waals surface area contributed by atoms with Crippen molar-refractivity contribution in [2.24, 2.45) is 0 Å². The molecule has 0 aromatic heterocycles. The third-order valence-electron chi connectivity index (χ3n) is 2.94. The molecule has 1 aromatic carbocycles. The van der Waals surface area contributed by atoms with Crippen molar-refractivity contribution in [3.05, 3.63) is 29.6 Å². The Morgan fingerprint density at radius 1 is 1.04 bits per heavy atom. The quantitative estimate of drug-likeness (QED) is 0.584. The van der Waals surface area contributed by atoms with Gasteiger partial charge in [-0.05, 0) is 19.9 Å². The molecule has 0 heterocycles. The van der Waals surface area contributed by atoms with Crippen LogP contribution >= 0.6 is 0 Å². The summed E-state index contributed by atoms with van der Waals surface area (Å²) in [6, 6.07) is 3.79. The van der Waals surface area contributed by atoms with Gasteiger partial charge in [0, 0.05) is 17.0 Å². The first-order chi connectivity index (χ1) is 10.8. The lowest BCUT2D eigenvalue weighted by atomic mass is 9.85. The molecule has 1 aromatic rings. The maximum absolute atomic E-state index is 13.4. The fourth-order valence-corrected chi connectivity index (χ4v) is 1.85. The summed E-state index contributed by atoms with van der Waals surface area (Å²) in [5.41, 5.74) is -0.237. The van der Waals surface area contributed by atoms with E-state index in [9.17, 15) is 14.0 Å². The van der Waals surface area contributed by atoms with E-state index in [-0.39, 0.29) is 25.6 Å². The van der Waals surface area contributed by atoms with Crippen molar-refractivity contribution in [1.29, 1.82) is 0 Å². The average Bonchev–Trinajstić information content (AvgIpc) is 2.45. The van der Waals surface area contributed by atoms with Crippen LogP contribution in [-0.4, -0.2) is 32.1 Å². The van der Waals surface area contributed by atoms with E-state index in [1.165, 1.54) is 12.1 Å². The van der Waals surface area contributed by atoms with E-state index < -0.39 is 23.5 Å². The van der Waals surface area contributed by atoms with Gasteiger partial charge in [0.1, 0.15) is 18.2 Å². The zero-order chi connectivity index (χ0) is 17.5. The molecule has 0 bridgehead atoms. The van der Waals surface area contributed by atoms with Crippen LogP contribution < -0.4 is 4.74 Å². The number of carbonyl (C=O) groups excluding carboxylic acids is 2. The van der Waals surface area contributed by atoms with Crippen molar-refractivity contribution >= 4 is 12.3 Å². The lowest BCUT2D eigenvalue weighted by Gasteiger charge is -2.26. The maximum atomic E-state index is 13.4. The van der Waals surface area contributed by atoms with Crippen molar-refractivity contribution in [2.45, 2.75) is 33.1 Å². The van der Waals surface area contributed by atoms with E-state index in [0.29, 0.717) is 5.56 Å². The van der Waals surface area contributed by atoms with Crippen LogP contribution in [0.1, 0.15) is 33.3 Å². The number of rotatable bonds is 6. The highest BCUT2D eigenvalue weighted by Crippen LogP contribution is 2.33. The molecular weight excluding hydrogens is 307 g/mol. The van der Waals surface area contributed by atoms with Crippen LogP contribution in [-0.2, 0) is 19.6 Å². The summed E-state index contributed by atoms with van der Waals surface area (Å²) < 4.78 is 32.9. The SMILES string of the molecule is CCOC(=O)OCC(C)(C)c1ccc(F)cc1OC(=O)OCC. The van der Waals surface area contributed by atoms with Gasteiger partial charge in [-0.1, -0.05) is 19.9 Å². The first-order valence-corrected chi connectivity index (χ1v) is 7.24. The normalized spacial score (nSPS) is 10.8. The maximum Gasteiger partial charge on any atom is 0.513 e. The molecule has 6 nitrogen and oxygen atoms in total. The highest BCUT2D eigenvalue weighted by atomic mass is 19.1. The van der Waals surface area contributed by atoms with E-state index in [4.69, 9.17) is 18.9 Å². The first kappa shape index (κ1) is 18.7. The van der Waals surface area contributed by atoms with E-state index >= 15 is 0 Å². The first-order valence-electron chi connectivity index (χ1n) is 7.24. The van der Waals surface area contributed by atoms with Crippen molar-refractivity contribution in [2.75, 3.05) is 19.8 Å². The van der Waals surface area contributed by atoms with Crippen LogP contribution in [0.2, 0.25) is 0 Å². The topological polar surface area (TPSA) is 71.1 Å². The molecule has 0 atom stereocenters. The predicted octanol–water partition coefficient (Wildman–Crippen LogP) is 3.81. The van der Waals surface area contributed by atoms with Crippen molar-refractivity contribution < 1.29 is 32.9 Å². The van der Waals surface area contributed by atoms with Gasteiger partial charge in [-0.25, -0.2) is 14.0 Å². The zero-order valence-corrected chi connectivity index (χ0v) is 13.7. The van der Waals surface area contributed by atoms with Gasteiger partial charge in [0.25, 0.3) is 0 Å². The molecule has 0 N–H and O–H groups in total. The van der Waals surface area contributed by atoms with Gasteiger partial charge in [-0.15, -0.1) is 0 Å². The van der Waals surface area contributed by atoms with Crippen molar-refractivity contribution in [1.82, 2.24) is 0 Å². The Bertz CT molecular complexity index is 556. The number of halogens is 1. The van der Waals surface area contributed by atoms with E-state index in [0.717, 1.165) is 6.07 Å². The number of carbonyl (C=O) groups is 2. The smallest absolute Gasteiger partial charge is 0.435 e. The number of benzene rings is 1. The number of hydrogen-bond acceptors (Lipinski definition) is 6. The fraction of sp³-hybridized carbons (Fsp3) is 0.500. The zero-order valence-electron chi connectivity index (χ0n) is 13.7. The fourth-order valence-electron chi connectivity index (χ4n) is 1.85. The van der Waals surface area contributed by atoms with Gasteiger partial charge in [0.2, 0.25) is 0 Å². The lowest BCUT2D eigenvalue weighted by molar-refractivity contribution is 0.0451. The van der Waals surface area contributed by atoms with Crippen LogP contribution in [0, 0.1) is 5.82 Å². The molecule has 0 amide bonds. The standard InChI is InChI=1S/C16H21FO6/c1-5-20-14(18)22-10-16(3,4)12-8-7-11(17)9-13(12)23-15(19)21-6-2/h7-9H,5-6,10H2,1-4H3. The molecule has 0 fully saturated rings. The third kappa shape index (κ3) is 5.77. The molecule has 7 heteroatoms. The minimum atomic E-state index is -0.929. The van der Waals surface area contributed by atoms with Crippen LogP contribution in [0.3, 0.4) is 0 Å². The Hall–Kier alpha value is -2.31. The molecule has 0 spiro atoms. The summed E-state index contributed by atoms with van der Waals surface area (Å²) in [6.45, 7) is 7.13. The second-order valence-corrected chi connectivity index (χ2v) is 5.28. The lowest BCUT2D eigenvalue weighted by Crippen LogP contribution is -2.28. The summed E-state index contributed by atoms with van der Waals surface area (Å²) in [7, 11) is 0. The monoisotopic (exact) mass is 328 g/mol.